The number of carbonyl (C=O) groups excluding carboxylic acids is 1. The minimum atomic E-state index is -0.398. The fraction of sp³-hybridized carbons (Fsp3) is 0.500. The lowest BCUT2D eigenvalue weighted by atomic mass is 10.1. The quantitative estimate of drug-likeness (QED) is 0.892. The van der Waals surface area contributed by atoms with E-state index in [0.29, 0.717) is 23.9 Å². The molecule has 19 heavy (non-hydrogen) atoms. The average molecular weight is 281 g/mol. The summed E-state index contributed by atoms with van der Waals surface area (Å²) in [5, 5.41) is 0.680. The van der Waals surface area contributed by atoms with Gasteiger partial charge in [0.25, 0.3) is 5.91 Å². The molecule has 2 atom stereocenters. The molecular weight excluding hydrogens is 264 g/mol. The molecule has 2 aliphatic heterocycles. The molecule has 0 bridgehead atoms. The molecule has 0 radical (unpaired) electrons. The van der Waals surface area contributed by atoms with Crippen LogP contribution < -0.4 is 10.5 Å². The predicted molar refractivity (Wildman–Crippen MR) is 73.3 cm³/mol. The predicted octanol–water partition coefficient (Wildman–Crippen LogP) is 1.45. The highest BCUT2D eigenvalue weighted by Gasteiger charge is 2.35. The summed E-state index contributed by atoms with van der Waals surface area (Å²) in [4.78, 5) is 14.3. The zero-order chi connectivity index (χ0) is 13.4. The molecule has 1 amide bonds. The van der Waals surface area contributed by atoms with E-state index in [1.807, 2.05) is 17.0 Å². The number of hydrogen-bond acceptors (Lipinski definition) is 3. The van der Waals surface area contributed by atoms with Crippen LogP contribution in [0.4, 0.5) is 0 Å². The van der Waals surface area contributed by atoms with E-state index in [0.717, 1.165) is 30.8 Å². The van der Waals surface area contributed by atoms with E-state index >= 15 is 0 Å². The fourth-order valence-electron chi connectivity index (χ4n) is 2.78. The number of hydrogen-bond donors (Lipinski definition) is 1. The molecule has 4 nitrogen and oxygen atoms in total. The minimum absolute atomic E-state index is 0.0725. The van der Waals surface area contributed by atoms with Crippen molar-refractivity contribution >= 4 is 17.5 Å². The van der Waals surface area contributed by atoms with Crippen LogP contribution in [0.5, 0.6) is 5.75 Å². The van der Waals surface area contributed by atoms with Crippen molar-refractivity contribution < 1.29 is 9.53 Å². The molecule has 0 saturated carbocycles. The third-order valence-electron chi connectivity index (χ3n) is 3.90. The second-order valence-corrected chi connectivity index (χ2v) is 5.67. The van der Waals surface area contributed by atoms with Gasteiger partial charge in [0.05, 0.1) is 0 Å². The molecule has 5 heteroatoms. The summed E-state index contributed by atoms with van der Waals surface area (Å²) in [5.74, 6) is 1.28. The van der Waals surface area contributed by atoms with Gasteiger partial charge in [0.15, 0.2) is 6.10 Å². The summed E-state index contributed by atoms with van der Waals surface area (Å²) in [7, 11) is 0. The molecule has 102 valence electrons. The zero-order valence-corrected chi connectivity index (χ0v) is 11.4. The number of rotatable bonds is 2. The number of halogens is 1. The van der Waals surface area contributed by atoms with Gasteiger partial charge in [-0.1, -0.05) is 11.6 Å². The molecule has 3 rings (SSSR count). The number of ether oxygens (including phenoxy) is 1. The van der Waals surface area contributed by atoms with Crippen LogP contribution in [-0.4, -0.2) is 36.5 Å². The molecule has 0 aromatic heterocycles. The number of amides is 1. The van der Waals surface area contributed by atoms with E-state index in [2.05, 4.69) is 0 Å². The summed E-state index contributed by atoms with van der Waals surface area (Å²) >= 11 is 5.95. The van der Waals surface area contributed by atoms with Crippen LogP contribution in [0.25, 0.3) is 0 Å². The Labute approximate surface area is 117 Å². The van der Waals surface area contributed by atoms with Crippen molar-refractivity contribution in [3.63, 3.8) is 0 Å². The Balaban J connectivity index is 1.68. The largest absolute Gasteiger partial charge is 0.480 e. The third-order valence-corrected chi connectivity index (χ3v) is 4.14. The lowest BCUT2D eigenvalue weighted by Crippen LogP contribution is -2.40. The van der Waals surface area contributed by atoms with Gasteiger partial charge in [-0.25, -0.2) is 0 Å². The highest BCUT2D eigenvalue weighted by molar-refractivity contribution is 6.30. The molecule has 2 N–H and O–H groups in total. The zero-order valence-electron chi connectivity index (χ0n) is 10.6. The van der Waals surface area contributed by atoms with Crippen LogP contribution in [0, 0.1) is 5.92 Å². The number of nitrogens with two attached hydrogens (primary N) is 1. The highest BCUT2D eigenvalue weighted by atomic mass is 35.5. The summed E-state index contributed by atoms with van der Waals surface area (Å²) in [6.45, 7) is 2.19. The van der Waals surface area contributed by atoms with E-state index in [1.54, 1.807) is 6.07 Å². The van der Waals surface area contributed by atoms with Crippen molar-refractivity contribution in [2.75, 3.05) is 19.6 Å². The number of nitrogens with zero attached hydrogens (tertiary/aromatic N) is 1. The minimum Gasteiger partial charge on any atom is -0.480 e. The van der Waals surface area contributed by atoms with Gasteiger partial charge in [-0.15, -0.1) is 0 Å². The van der Waals surface area contributed by atoms with E-state index in [9.17, 15) is 4.79 Å². The number of carbonyl (C=O) groups is 1. The summed E-state index contributed by atoms with van der Waals surface area (Å²) in [6.07, 6.45) is 1.21. The smallest absolute Gasteiger partial charge is 0.264 e. The van der Waals surface area contributed by atoms with Crippen LogP contribution >= 0.6 is 11.6 Å². The fourth-order valence-corrected chi connectivity index (χ4v) is 2.98. The van der Waals surface area contributed by atoms with Gasteiger partial charge in [-0.05, 0) is 42.6 Å². The van der Waals surface area contributed by atoms with Gasteiger partial charge in [-0.2, -0.15) is 0 Å². The summed E-state index contributed by atoms with van der Waals surface area (Å²) < 4.78 is 5.72. The Morgan fingerprint density at radius 1 is 1.53 bits per heavy atom. The van der Waals surface area contributed by atoms with Crippen LogP contribution in [-0.2, 0) is 11.2 Å². The molecule has 0 spiro atoms. The normalized spacial score (nSPS) is 25.3. The Kier molecular flexibility index (Phi) is 3.37. The SMILES string of the molecule is NCC1CCN(C(=O)C2Cc3cc(Cl)ccc3O2)C1. The molecule has 1 saturated heterocycles. The highest BCUT2D eigenvalue weighted by Crippen LogP contribution is 2.32. The van der Waals surface area contributed by atoms with Crippen LogP contribution in [0.2, 0.25) is 5.02 Å². The van der Waals surface area contributed by atoms with Crippen LogP contribution in [0.1, 0.15) is 12.0 Å². The molecule has 1 aromatic rings. The Bertz CT molecular complexity index is 506. The molecule has 1 aromatic carbocycles. The number of benzene rings is 1. The van der Waals surface area contributed by atoms with E-state index in [1.165, 1.54) is 0 Å². The van der Waals surface area contributed by atoms with Crippen LogP contribution in [0.15, 0.2) is 18.2 Å². The van der Waals surface area contributed by atoms with Gasteiger partial charge in [0.2, 0.25) is 0 Å². The first-order valence-corrected chi connectivity index (χ1v) is 6.99. The lowest BCUT2D eigenvalue weighted by Gasteiger charge is -2.20. The van der Waals surface area contributed by atoms with Gasteiger partial charge in [0, 0.05) is 24.5 Å². The molecule has 2 aliphatic rings. The van der Waals surface area contributed by atoms with Gasteiger partial charge < -0.3 is 15.4 Å². The molecule has 1 fully saturated rings. The third kappa shape index (κ3) is 2.42. The Hall–Kier alpha value is -1.26. The first kappa shape index (κ1) is 12.8. The first-order valence-electron chi connectivity index (χ1n) is 6.61. The second kappa shape index (κ2) is 5.02. The lowest BCUT2D eigenvalue weighted by molar-refractivity contribution is -0.136. The molecule has 0 aliphatic carbocycles. The van der Waals surface area contributed by atoms with Crippen molar-refractivity contribution in [1.29, 1.82) is 0 Å². The average Bonchev–Trinajstić information content (AvgIpc) is 3.03. The molecule has 2 heterocycles. The number of likely N-dealkylation sites (tertiary alicyclic amines) is 1. The van der Waals surface area contributed by atoms with Gasteiger partial charge >= 0.3 is 0 Å². The molecule has 2 unspecified atom stereocenters. The van der Waals surface area contributed by atoms with Crippen molar-refractivity contribution in [3.8, 4) is 5.75 Å². The summed E-state index contributed by atoms with van der Waals surface area (Å²) in [5.41, 5.74) is 6.67. The Morgan fingerprint density at radius 2 is 2.37 bits per heavy atom. The maximum absolute atomic E-state index is 12.4. The van der Waals surface area contributed by atoms with Gasteiger partial charge in [-0.3, -0.25) is 4.79 Å². The van der Waals surface area contributed by atoms with E-state index in [-0.39, 0.29) is 5.91 Å². The van der Waals surface area contributed by atoms with Crippen molar-refractivity contribution in [1.82, 2.24) is 4.90 Å². The summed E-state index contributed by atoms with van der Waals surface area (Å²) in [6, 6.07) is 5.49. The van der Waals surface area contributed by atoms with Gasteiger partial charge in [0.1, 0.15) is 5.75 Å². The van der Waals surface area contributed by atoms with E-state index in [4.69, 9.17) is 22.1 Å². The standard InChI is InChI=1S/C14H17ClN2O2/c15-11-1-2-12-10(5-11)6-13(19-12)14(18)17-4-3-9(7-16)8-17/h1-2,5,9,13H,3-4,6-8,16H2. The van der Waals surface area contributed by atoms with Crippen molar-refractivity contribution in [2.24, 2.45) is 11.7 Å². The monoisotopic (exact) mass is 280 g/mol. The maximum Gasteiger partial charge on any atom is 0.264 e. The number of fused-ring (bicyclic) bond motifs is 1. The molecular formula is C14H17ClN2O2. The maximum atomic E-state index is 12.4. The second-order valence-electron chi connectivity index (χ2n) is 5.24. The first-order chi connectivity index (χ1) is 9.17. The van der Waals surface area contributed by atoms with Crippen molar-refractivity contribution in [3.05, 3.63) is 28.8 Å². The van der Waals surface area contributed by atoms with Crippen molar-refractivity contribution in [2.45, 2.75) is 18.9 Å². The topological polar surface area (TPSA) is 55.6 Å². The van der Waals surface area contributed by atoms with Crippen LogP contribution in [0.3, 0.4) is 0 Å². The van der Waals surface area contributed by atoms with E-state index < -0.39 is 6.10 Å². The Morgan fingerprint density at radius 3 is 3.11 bits per heavy atom.